The summed E-state index contributed by atoms with van der Waals surface area (Å²) in [6.07, 6.45) is 0.306. The number of rotatable bonds is 7. The van der Waals surface area contributed by atoms with Crippen LogP contribution >= 0.6 is 0 Å². The topological polar surface area (TPSA) is 67.4 Å². The summed E-state index contributed by atoms with van der Waals surface area (Å²) >= 11 is 0. The second-order valence-electron chi connectivity index (χ2n) is 6.17. The standard InChI is InChI=1S/C22H22N2O3/c1-2-23-22(26)15-27-20-11-9-19(10-12-20)24-21(25)14-16-7-8-17-5-3-4-6-18(17)13-16/h3-13H,2,14-15H2,1H3,(H,23,26)(H,24,25). The zero-order valence-corrected chi connectivity index (χ0v) is 15.2. The van der Waals surface area contributed by atoms with Crippen molar-refractivity contribution in [3.8, 4) is 5.75 Å². The first kappa shape index (κ1) is 18.5. The number of fused-ring (bicyclic) bond motifs is 1. The zero-order chi connectivity index (χ0) is 19.1. The fourth-order valence-corrected chi connectivity index (χ4v) is 2.77. The molecular weight excluding hydrogens is 340 g/mol. The van der Waals surface area contributed by atoms with Gasteiger partial charge in [-0.15, -0.1) is 0 Å². The average Bonchev–Trinajstić information content (AvgIpc) is 2.67. The summed E-state index contributed by atoms with van der Waals surface area (Å²) in [4.78, 5) is 23.7. The first-order valence-corrected chi connectivity index (χ1v) is 8.91. The van der Waals surface area contributed by atoms with Gasteiger partial charge in [0.25, 0.3) is 5.91 Å². The Kier molecular flexibility index (Phi) is 6.05. The Balaban J connectivity index is 1.54. The van der Waals surface area contributed by atoms with E-state index in [0.29, 0.717) is 24.4 Å². The lowest BCUT2D eigenvalue weighted by molar-refractivity contribution is -0.123. The van der Waals surface area contributed by atoms with Crippen LogP contribution in [-0.4, -0.2) is 25.0 Å². The third kappa shape index (κ3) is 5.31. The Hall–Kier alpha value is -3.34. The lowest BCUT2D eigenvalue weighted by Gasteiger charge is -2.09. The van der Waals surface area contributed by atoms with Gasteiger partial charge in [-0.1, -0.05) is 42.5 Å². The number of hydrogen-bond donors (Lipinski definition) is 2. The van der Waals surface area contributed by atoms with Crippen LogP contribution in [0.2, 0.25) is 0 Å². The molecule has 0 radical (unpaired) electrons. The molecule has 0 atom stereocenters. The predicted molar refractivity (Wildman–Crippen MR) is 107 cm³/mol. The number of ether oxygens (including phenoxy) is 1. The van der Waals surface area contributed by atoms with Gasteiger partial charge in [0.1, 0.15) is 5.75 Å². The van der Waals surface area contributed by atoms with Crippen molar-refractivity contribution < 1.29 is 14.3 Å². The summed E-state index contributed by atoms with van der Waals surface area (Å²) in [5, 5.41) is 7.82. The van der Waals surface area contributed by atoms with Gasteiger partial charge in [-0.2, -0.15) is 0 Å². The molecule has 0 spiro atoms. The summed E-state index contributed by atoms with van der Waals surface area (Å²) in [5.41, 5.74) is 1.65. The van der Waals surface area contributed by atoms with Gasteiger partial charge in [-0.3, -0.25) is 9.59 Å². The molecule has 3 rings (SSSR count). The van der Waals surface area contributed by atoms with E-state index in [1.165, 1.54) is 0 Å². The minimum Gasteiger partial charge on any atom is -0.484 e. The number of carbonyl (C=O) groups is 2. The number of likely N-dealkylation sites (N-methyl/N-ethyl adjacent to an activating group) is 1. The molecule has 0 aliphatic carbocycles. The fourth-order valence-electron chi connectivity index (χ4n) is 2.77. The number of benzene rings is 3. The molecule has 5 nitrogen and oxygen atoms in total. The van der Waals surface area contributed by atoms with Gasteiger partial charge in [-0.25, -0.2) is 0 Å². The van der Waals surface area contributed by atoms with Crippen LogP contribution in [-0.2, 0) is 16.0 Å². The van der Waals surface area contributed by atoms with Gasteiger partial charge < -0.3 is 15.4 Å². The Bertz CT molecular complexity index is 936. The van der Waals surface area contributed by atoms with E-state index in [-0.39, 0.29) is 18.4 Å². The third-order valence-corrected chi connectivity index (χ3v) is 4.06. The van der Waals surface area contributed by atoms with E-state index in [1.807, 2.05) is 43.3 Å². The fraction of sp³-hybridized carbons (Fsp3) is 0.182. The Labute approximate surface area is 158 Å². The number of carbonyl (C=O) groups excluding carboxylic acids is 2. The smallest absolute Gasteiger partial charge is 0.257 e. The summed E-state index contributed by atoms with van der Waals surface area (Å²) in [7, 11) is 0. The van der Waals surface area contributed by atoms with Crippen LogP contribution in [0, 0.1) is 0 Å². The largest absolute Gasteiger partial charge is 0.484 e. The molecule has 0 aliphatic rings. The predicted octanol–water partition coefficient (Wildman–Crippen LogP) is 3.54. The highest BCUT2D eigenvalue weighted by molar-refractivity contribution is 5.93. The molecule has 0 bridgehead atoms. The summed E-state index contributed by atoms with van der Waals surface area (Å²) in [6, 6.07) is 21.1. The highest BCUT2D eigenvalue weighted by Gasteiger charge is 2.06. The molecule has 0 saturated carbocycles. The SMILES string of the molecule is CCNC(=O)COc1ccc(NC(=O)Cc2ccc3ccccc3c2)cc1. The molecule has 0 aliphatic heterocycles. The van der Waals surface area contributed by atoms with Crippen LogP contribution < -0.4 is 15.4 Å². The molecule has 5 heteroatoms. The molecule has 2 N–H and O–H groups in total. The second-order valence-corrected chi connectivity index (χ2v) is 6.17. The second kappa shape index (κ2) is 8.85. The molecule has 3 aromatic rings. The maximum atomic E-state index is 12.3. The van der Waals surface area contributed by atoms with E-state index < -0.39 is 0 Å². The number of nitrogens with one attached hydrogen (secondary N) is 2. The lowest BCUT2D eigenvalue weighted by atomic mass is 10.0. The maximum absolute atomic E-state index is 12.3. The van der Waals surface area contributed by atoms with Gasteiger partial charge >= 0.3 is 0 Å². The van der Waals surface area contributed by atoms with Crippen molar-refractivity contribution in [2.75, 3.05) is 18.5 Å². The van der Waals surface area contributed by atoms with E-state index in [1.54, 1.807) is 24.3 Å². The van der Waals surface area contributed by atoms with Gasteiger partial charge in [0, 0.05) is 12.2 Å². The van der Waals surface area contributed by atoms with Crippen molar-refractivity contribution in [3.05, 3.63) is 72.3 Å². The average molecular weight is 362 g/mol. The number of amides is 2. The van der Waals surface area contributed by atoms with E-state index >= 15 is 0 Å². The number of hydrogen-bond acceptors (Lipinski definition) is 3. The normalized spacial score (nSPS) is 10.4. The van der Waals surface area contributed by atoms with Gasteiger partial charge in [0.15, 0.2) is 6.61 Å². The molecule has 138 valence electrons. The summed E-state index contributed by atoms with van der Waals surface area (Å²) < 4.78 is 5.39. The van der Waals surface area contributed by atoms with Crippen LogP contribution in [0.5, 0.6) is 5.75 Å². The van der Waals surface area contributed by atoms with Crippen molar-refractivity contribution in [3.63, 3.8) is 0 Å². The van der Waals surface area contributed by atoms with Crippen LogP contribution in [0.4, 0.5) is 5.69 Å². The van der Waals surface area contributed by atoms with Crippen molar-refractivity contribution in [2.24, 2.45) is 0 Å². The summed E-state index contributed by atoms with van der Waals surface area (Å²) in [5.74, 6) is 0.334. The maximum Gasteiger partial charge on any atom is 0.257 e. The Morgan fingerprint density at radius 3 is 2.37 bits per heavy atom. The van der Waals surface area contributed by atoms with Crippen LogP contribution in [0.15, 0.2) is 66.7 Å². The van der Waals surface area contributed by atoms with E-state index in [2.05, 4.69) is 16.7 Å². The van der Waals surface area contributed by atoms with Crippen LogP contribution in [0.1, 0.15) is 12.5 Å². The van der Waals surface area contributed by atoms with E-state index in [4.69, 9.17) is 4.74 Å². The zero-order valence-electron chi connectivity index (χ0n) is 15.2. The molecule has 27 heavy (non-hydrogen) atoms. The van der Waals surface area contributed by atoms with Crippen molar-refractivity contribution >= 4 is 28.3 Å². The highest BCUT2D eigenvalue weighted by atomic mass is 16.5. The molecular formula is C22H22N2O3. The minimum atomic E-state index is -0.162. The molecule has 2 amide bonds. The first-order chi connectivity index (χ1) is 13.1. The van der Waals surface area contributed by atoms with Gasteiger partial charge in [0.2, 0.25) is 5.91 Å². The van der Waals surface area contributed by atoms with E-state index in [0.717, 1.165) is 16.3 Å². The quantitative estimate of drug-likeness (QED) is 0.676. The number of anilines is 1. The van der Waals surface area contributed by atoms with Crippen molar-refractivity contribution in [2.45, 2.75) is 13.3 Å². The Morgan fingerprint density at radius 1 is 0.889 bits per heavy atom. The molecule has 0 fully saturated rings. The summed E-state index contributed by atoms with van der Waals surface area (Å²) in [6.45, 7) is 2.40. The molecule has 0 unspecified atom stereocenters. The first-order valence-electron chi connectivity index (χ1n) is 8.91. The van der Waals surface area contributed by atoms with Crippen molar-refractivity contribution in [1.29, 1.82) is 0 Å². The third-order valence-electron chi connectivity index (χ3n) is 4.06. The lowest BCUT2D eigenvalue weighted by Crippen LogP contribution is -2.28. The molecule has 0 saturated heterocycles. The highest BCUT2D eigenvalue weighted by Crippen LogP contribution is 2.18. The molecule has 0 heterocycles. The monoisotopic (exact) mass is 362 g/mol. The van der Waals surface area contributed by atoms with Gasteiger partial charge in [0.05, 0.1) is 6.42 Å². The van der Waals surface area contributed by atoms with Crippen molar-refractivity contribution in [1.82, 2.24) is 5.32 Å². The van der Waals surface area contributed by atoms with Gasteiger partial charge in [-0.05, 0) is 47.5 Å². The minimum absolute atomic E-state index is 0.0263. The van der Waals surface area contributed by atoms with Crippen LogP contribution in [0.25, 0.3) is 10.8 Å². The molecule has 0 aromatic heterocycles. The van der Waals surface area contributed by atoms with E-state index in [9.17, 15) is 9.59 Å². The Morgan fingerprint density at radius 2 is 1.63 bits per heavy atom. The molecule has 3 aromatic carbocycles. The van der Waals surface area contributed by atoms with Crippen LogP contribution in [0.3, 0.4) is 0 Å².